The van der Waals surface area contributed by atoms with Gasteiger partial charge < -0.3 is 5.32 Å². The highest BCUT2D eigenvalue weighted by molar-refractivity contribution is 7.89. The molecule has 1 fully saturated rings. The van der Waals surface area contributed by atoms with Gasteiger partial charge in [0.05, 0.1) is 10.6 Å². The molecule has 196 valence electrons. The first kappa shape index (κ1) is 26.7. The zero-order chi connectivity index (χ0) is 27.0. The molecule has 3 heterocycles. The summed E-state index contributed by atoms with van der Waals surface area (Å²) in [5.74, 6) is -1.66. The second kappa shape index (κ2) is 10.2. The van der Waals surface area contributed by atoms with Gasteiger partial charge in [0.15, 0.2) is 0 Å². The molecular formula is C25H26F3N5O3S. The van der Waals surface area contributed by atoms with Gasteiger partial charge in [-0.3, -0.25) is 9.78 Å². The normalized spacial score (nSPS) is 18.6. The molecule has 0 unspecified atom stereocenters. The number of carbonyl (C=O) groups is 1. The lowest BCUT2D eigenvalue weighted by Gasteiger charge is -2.23. The quantitative estimate of drug-likeness (QED) is 0.516. The molecule has 37 heavy (non-hydrogen) atoms. The minimum atomic E-state index is -4.65. The van der Waals surface area contributed by atoms with E-state index in [-0.39, 0.29) is 23.9 Å². The van der Waals surface area contributed by atoms with Gasteiger partial charge in [-0.05, 0) is 55.5 Å². The summed E-state index contributed by atoms with van der Waals surface area (Å²) < 4.78 is 66.1. The van der Waals surface area contributed by atoms with E-state index in [1.54, 1.807) is 31.3 Å². The van der Waals surface area contributed by atoms with Crippen molar-refractivity contribution < 1.29 is 26.4 Å². The molecule has 2 aromatic heterocycles. The number of halogens is 3. The number of nitrogens with zero attached hydrogens (tertiary/aromatic N) is 4. The zero-order valence-electron chi connectivity index (χ0n) is 20.5. The van der Waals surface area contributed by atoms with Crippen LogP contribution in [0.2, 0.25) is 0 Å². The largest absolute Gasteiger partial charge is 0.451 e. The highest BCUT2D eigenvalue weighted by Gasteiger charge is 2.42. The summed E-state index contributed by atoms with van der Waals surface area (Å²) in [6.45, 7) is 5.87. The fraction of sp³-hybridized carbons (Fsp3) is 0.360. The molecule has 0 radical (unpaired) electrons. The summed E-state index contributed by atoms with van der Waals surface area (Å²) in [4.78, 5) is 24.3. The molecule has 1 aliphatic rings. The Kier molecular flexibility index (Phi) is 7.33. The summed E-state index contributed by atoms with van der Waals surface area (Å²) >= 11 is 0. The molecule has 3 aromatic rings. The van der Waals surface area contributed by atoms with E-state index in [9.17, 15) is 26.4 Å². The van der Waals surface area contributed by atoms with E-state index in [1.165, 1.54) is 16.4 Å². The zero-order valence-corrected chi connectivity index (χ0v) is 21.3. The Morgan fingerprint density at radius 3 is 2.35 bits per heavy atom. The molecule has 0 saturated carbocycles. The maximum absolute atomic E-state index is 13.3. The molecular weight excluding hydrogens is 507 g/mol. The van der Waals surface area contributed by atoms with Crippen LogP contribution in [0.5, 0.6) is 0 Å². The van der Waals surface area contributed by atoms with Crippen molar-refractivity contribution >= 4 is 15.9 Å². The Bertz CT molecular complexity index is 1390. The first-order valence-electron chi connectivity index (χ1n) is 11.6. The van der Waals surface area contributed by atoms with Crippen molar-refractivity contribution in [1.82, 2.24) is 24.6 Å². The third kappa shape index (κ3) is 5.80. The number of hydrogen-bond acceptors (Lipinski definition) is 6. The number of nitrogens with one attached hydrogen (secondary N) is 1. The number of amides is 1. The predicted octanol–water partition coefficient (Wildman–Crippen LogP) is 3.89. The number of benzene rings is 1. The number of sulfonamides is 1. The molecule has 1 aromatic carbocycles. The van der Waals surface area contributed by atoms with E-state index in [0.29, 0.717) is 23.2 Å². The van der Waals surface area contributed by atoms with Gasteiger partial charge in [-0.1, -0.05) is 24.6 Å². The summed E-state index contributed by atoms with van der Waals surface area (Å²) in [7, 11) is -3.86. The number of carbonyl (C=O) groups excluding carboxylic acids is 1. The number of rotatable bonds is 6. The lowest BCUT2D eigenvalue weighted by atomic mass is 10.1. The van der Waals surface area contributed by atoms with Gasteiger partial charge in [0.2, 0.25) is 21.8 Å². The van der Waals surface area contributed by atoms with Gasteiger partial charge in [0, 0.05) is 37.2 Å². The summed E-state index contributed by atoms with van der Waals surface area (Å²) in [5, 5.41) is 2.82. The van der Waals surface area contributed by atoms with E-state index < -0.39 is 34.0 Å². The van der Waals surface area contributed by atoms with Crippen LogP contribution in [0.25, 0.3) is 11.3 Å². The van der Waals surface area contributed by atoms with E-state index in [0.717, 1.165) is 23.5 Å². The second-order valence-corrected chi connectivity index (χ2v) is 11.1. The predicted molar refractivity (Wildman–Crippen MR) is 129 cm³/mol. The standard InChI is InChI=1S/C25H26F3N5O3S/c1-15-4-6-20(7-5-15)37(35,36)33-14-16(2)8-22(33)23(34)30-11-18-9-21(29-10-17(18)3)19-12-31-24(32-13-19)25(26,27)28/h4-7,9-10,12-13,16,22H,8,11,14H2,1-3H3,(H,30,34)/t16-,22+/m1/s1. The molecule has 1 amide bonds. The van der Waals surface area contributed by atoms with Crippen molar-refractivity contribution in [2.24, 2.45) is 5.92 Å². The molecule has 0 bridgehead atoms. The van der Waals surface area contributed by atoms with Crippen LogP contribution in [0.4, 0.5) is 13.2 Å². The van der Waals surface area contributed by atoms with Crippen molar-refractivity contribution in [3.63, 3.8) is 0 Å². The molecule has 0 spiro atoms. The first-order valence-corrected chi connectivity index (χ1v) is 13.0. The topological polar surface area (TPSA) is 105 Å². The molecule has 2 atom stereocenters. The summed E-state index contributed by atoms with van der Waals surface area (Å²) in [5.41, 5.74) is 3.00. The van der Waals surface area contributed by atoms with Crippen molar-refractivity contribution in [2.45, 2.75) is 50.9 Å². The fourth-order valence-electron chi connectivity index (χ4n) is 4.18. The van der Waals surface area contributed by atoms with Gasteiger partial charge in [0.25, 0.3) is 0 Å². The lowest BCUT2D eigenvalue weighted by Crippen LogP contribution is -2.45. The van der Waals surface area contributed by atoms with Crippen LogP contribution in [0.3, 0.4) is 0 Å². The Morgan fingerprint density at radius 2 is 1.73 bits per heavy atom. The van der Waals surface area contributed by atoms with Crippen LogP contribution >= 0.6 is 0 Å². The first-order chi connectivity index (χ1) is 17.4. The van der Waals surface area contributed by atoms with Crippen LogP contribution in [-0.4, -0.2) is 46.2 Å². The van der Waals surface area contributed by atoms with E-state index in [1.807, 2.05) is 13.8 Å². The van der Waals surface area contributed by atoms with Crippen molar-refractivity contribution in [1.29, 1.82) is 0 Å². The summed E-state index contributed by atoms with van der Waals surface area (Å²) in [6.07, 6.45) is -0.624. The van der Waals surface area contributed by atoms with Crippen LogP contribution in [-0.2, 0) is 27.5 Å². The van der Waals surface area contributed by atoms with Gasteiger partial charge in [-0.2, -0.15) is 17.5 Å². The molecule has 4 rings (SSSR count). The number of hydrogen-bond donors (Lipinski definition) is 1. The molecule has 0 aliphatic carbocycles. The Labute approximate surface area is 213 Å². The van der Waals surface area contributed by atoms with Crippen LogP contribution < -0.4 is 5.32 Å². The smallest absolute Gasteiger partial charge is 0.351 e. The van der Waals surface area contributed by atoms with Crippen LogP contribution in [0, 0.1) is 19.8 Å². The van der Waals surface area contributed by atoms with E-state index >= 15 is 0 Å². The van der Waals surface area contributed by atoms with Crippen LogP contribution in [0.15, 0.2) is 53.8 Å². The molecule has 1 aliphatic heterocycles. The SMILES string of the molecule is Cc1ccc(S(=O)(=O)N2C[C@H](C)C[C@H]2C(=O)NCc2cc(-c3cnc(C(F)(F)F)nc3)ncc2C)cc1. The number of pyridine rings is 1. The van der Waals surface area contributed by atoms with Crippen molar-refractivity contribution in [2.75, 3.05) is 6.54 Å². The Morgan fingerprint density at radius 1 is 1.08 bits per heavy atom. The average molecular weight is 534 g/mol. The highest BCUT2D eigenvalue weighted by Crippen LogP contribution is 2.30. The summed E-state index contributed by atoms with van der Waals surface area (Å²) in [6, 6.07) is 7.29. The van der Waals surface area contributed by atoms with Gasteiger partial charge in [-0.15, -0.1) is 0 Å². The van der Waals surface area contributed by atoms with E-state index in [2.05, 4.69) is 20.3 Å². The Hall–Kier alpha value is -3.38. The maximum atomic E-state index is 13.3. The third-order valence-electron chi connectivity index (χ3n) is 6.26. The monoisotopic (exact) mass is 533 g/mol. The van der Waals surface area contributed by atoms with Gasteiger partial charge >= 0.3 is 6.18 Å². The van der Waals surface area contributed by atoms with Gasteiger partial charge in [0.1, 0.15) is 6.04 Å². The second-order valence-electron chi connectivity index (χ2n) is 9.25. The molecule has 8 nitrogen and oxygen atoms in total. The Balaban J connectivity index is 1.50. The molecule has 1 saturated heterocycles. The third-order valence-corrected chi connectivity index (χ3v) is 8.15. The molecule has 12 heteroatoms. The maximum Gasteiger partial charge on any atom is 0.451 e. The average Bonchev–Trinajstić information content (AvgIpc) is 3.26. The molecule has 1 N–H and O–H groups in total. The van der Waals surface area contributed by atoms with Crippen molar-refractivity contribution in [3.8, 4) is 11.3 Å². The minimum absolute atomic E-state index is 0.00454. The number of aryl methyl sites for hydroxylation is 2. The fourth-order valence-corrected chi connectivity index (χ4v) is 5.90. The lowest BCUT2D eigenvalue weighted by molar-refractivity contribution is -0.145. The van der Waals surface area contributed by atoms with Crippen molar-refractivity contribution in [3.05, 3.63) is 71.4 Å². The number of aromatic nitrogens is 3. The minimum Gasteiger partial charge on any atom is -0.351 e. The number of alkyl halides is 3. The van der Waals surface area contributed by atoms with E-state index in [4.69, 9.17) is 0 Å². The highest BCUT2D eigenvalue weighted by atomic mass is 32.2. The van der Waals surface area contributed by atoms with Gasteiger partial charge in [-0.25, -0.2) is 18.4 Å². The van der Waals surface area contributed by atoms with Crippen LogP contribution in [0.1, 0.15) is 35.9 Å².